The summed E-state index contributed by atoms with van der Waals surface area (Å²) in [6.07, 6.45) is 2.74. The number of benzene rings is 3. The maximum Gasteiger partial charge on any atom is 0.256 e. The fourth-order valence-corrected chi connectivity index (χ4v) is 5.71. The Morgan fingerprint density at radius 2 is 1.50 bits per heavy atom. The van der Waals surface area contributed by atoms with Crippen molar-refractivity contribution in [1.82, 2.24) is 9.80 Å². The summed E-state index contributed by atoms with van der Waals surface area (Å²) >= 11 is 5.96. The van der Waals surface area contributed by atoms with Crippen LogP contribution in [0.1, 0.15) is 58.4 Å². The molecule has 2 aliphatic rings. The maximum absolute atomic E-state index is 13.6. The second kappa shape index (κ2) is 12.6. The number of hydrogen-bond donors (Lipinski definition) is 1. The van der Waals surface area contributed by atoms with Crippen LogP contribution in [0.25, 0.3) is 0 Å². The number of carbonyl (C=O) groups is 3. The van der Waals surface area contributed by atoms with Crippen molar-refractivity contribution < 1.29 is 14.4 Å². The minimum atomic E-state index is -0.264. The van der Waals surface area contributed by atoms with Gasteiger partial charge in [0.2, 0.25) is 5.91 Å². The predicted molar refractivity (Wildman–Crippen MR) is 159 cm³/mol. The standard InChI is InChI=1S/C32H35ClN4O3/c1-2-27(23-8-4-3-5-9-23)31(39)37-20-18-35(19-21-37)29-15-14-26(22-28(29)32(40)36-16-6-7-17-36)34-30(38)24-10-12-25(33)13-11-24/h3-5,8-15,22,27H,2,6-7,16-21H2,1H3,(H,34,38)/t27-/m1/s1. The lowest BCUT2D eigenvalue weighted by Crippen LogP contribution is -2.50. The van der Waals surface area contributed by atoms with Gasteiger partial charge in [0.05, 0.1) is 11.5 Å². The van der Waals surface area contributed by atoms with Gasteiger partial charge in [-0.3, -0.25) is 14.4 Å². The van der Waals surface area contributed by atoms with Crippen molar-refractivity contribution in [2.45, 2.75) is 32.1 Å². The molecule has 0 bridgehead atoms. The third-order valence-electron chi connectivity index (χ3n) is 7.82. The molecule has 2 fully saturated rings. The van der Waals surface area contributed by atoms with Gasteiger partial charge >= 0.3 is 0 Å². The molecule has 0 radical (unpaired) electrons. The van der Waals surface area contributed by atoms with E-state index in [-0.39, 0.29) is 23.6 Å². The zero-order valence-corrected chi connectivity index (χ0v) is 23.6. The number of piperazine rings is 1. The number of likely N-dealkylation sites (tertiary alicyclic amines) is 1. The molecule has 3 amide bonds. The first-order valence-electron chi connectivity index (χ1n) is 14.0. The monoisotopic (exact) mass is 558 g/mol. The fourth-order valence-electron chi connectivity index (χ4n) is 5.58. The summed E-state index contributed by atoms with van der Waals surface area (Å²) in [5.41, 5.74) is 3.51. The second-order valence-corrected chi connectivity index (χ2v) is 10.8. The highest BCUT2D eigenvalue weighted by atomic mass is 35.5. The van der Waals surface area contributed by atoms with E-state index in [1.807, 2.05) is 52.3 Å². The molecule has 0 saturated carbocycles. The van der Waals surface area contributed by atoms with Crippen LogP contribution in [0.4, 0.5) is 11.4 Å². The molecular formula is C32H35ClN4O3. The van der Waals surface area contributed by atoms with Gasteiger partial charge in [0.1, 0.15) is 0 Å². The van der Waals surface area contributed by atoms with Crippen LogP contribution in [0.2, 0.25) is 5.02 Å². The molecule has 0 aliphatic carbocycles. The van der Waals surface area contributed by atoms with Crippen LogP contribution in [0.15, 0.2) is 72.8 Å². The zero-order valence-electron chi connectivity index (χ0n) is 22.8. The van der Waals surface area contributed by atoms with Gasteiger partial charge in [0, 0.05) is 61.2 Å². The Balaban J connectivity index is 1.33. The van der Waals surface area contributed by atoms with Crippen molar-refractivity contribution in [2.75, 3.05) is 49.5 Å². The summed E-state index contributed by atoms with van der Waals surface area (Å²) in [6, 6.07) is 22.2. The molecular weight excluding hydrogens is 524 g/mol. The molecule has 2 aliphatic heterocycles. The number of anilines is 2. The van der Waals surface area contributed by atoms with Crippen LogP contribution in [0.5, 0.6) is 0 Å². The Morgan fingerprint density at radius 3 is 2.15 bits per heavy atom. The van der Waals surface area contributed by atoms with Gasteiger partial charge in [-0.15, -0.1) is 0 Å². The van der Waals surface area contributed by atoms with Gasteiger partial charge in [-0.05, 0) is 67.3 Å². The molecule has 3 aromatic carbocycles. The second-order valence-electron chi connectivity index (χ2n) is 10.4. The molecule has 5 rings (SSSR count). The molecule has 1 atom stereocenters. The van der Waals surface area contributed by atoms with Crippen molar-refractivity contribution in [1.29, 1.82) is 0 Å². The number of nitrogens with zero attached hydrogens (tertiary/aromatic N) is 3. The van der Waals surface area contributed by atoms with E-state index in [0.29, 0.717) is 48.0 Å². The summed E-state index contributed by atoms with van der Waals surface area (Å²) in [4.78, 5) is 45.9. The number of carbonyl (C=O) groups excluding carboxylic acids is 3. The van der Waals surface area contributed by atoms with Gasteiger partial charge < -0.3 is 20.0 Å². The highest BCUT2D eigenvalue weighted by molar-refractivity contribution is 6.30. The van der Waals surface area contributed by atoms with Crippen LogP contribution in [-0.4, -0.2) is 66.8 Å². The summed E-state index contributed by atoms with van der Waals surface area (Å²) in [5.74, 6) is -0.283. The van der Waals surface area contributed by atoms with E-state index in [1.54, 1.807) is 30.3 Å². The van der Waals surface area contributed by atoms with Crippen molar-refractivity contribution in [2.24, 2.45) is 0 Å². The maximum atomic E-state index is 13.6. The normalized spacial score (nSPS) is 16.1. The van der Waals surface area contributed by atoms with Gasteiger partial charge in [0.15, 0.2) is 0 Å². The van der Waals surface area contributed by atoms with Crippen molar-refractivity contribution >= 4 is 40.7 Å². The minimum Gasteiger partial charge on any atom is -0.367 e. The molecule has 0 spiro atoms. The lowest BCUT2D eigenvalue weighted by molar-refractivity contribution is -0.133. The van der Waals surface area contributed by atoms with E-state index in [2.05, 4.69) is 17.1 Å². The SMILES string of the molecule is CC[C@@H](C(=O)N1CCN(c2ccc(NC(=O)c3ccc(Cl)cc3)cc2C(=O)N2CCCC2)CC1)c1ccccc1. The lowest BCUT2D eigenvalue weighted by atomic mass is 9.94. The van der Waals surface area contributed by atoms with Crippen molar-refractivity contribution in [3.05, 3.63) is 94.5 Å². The smallest absolute Gasteiger partial charge is 0.256 e. The van der Waals surface area contributed by atoms with E-state index in [9.17, 15) is 14.4 Å². The molecule has 40 heavy (non-hydrogen) atoms. The summed E-state index contributed by atoms with van der Waals surface area (Å²) < 4.78 is 0. The number of amides is 3. The third-order valence-corrected chi connectivity index (χ3v) is 8.08. The van der Waals surface area contributed by atoms with E-state index in [1.165, 1.54) is 0 Å². The molecule has 0 unspecified atom stereocenters. The van der Waals surface area contributed by atoms with Crippen LogP contribution in [-0.2, 0) is 4.79 Å². The topological polar surface area (TPSA) is 73.0 Å². The van der Waals surface area contributed by atoms with E-state index < -0.39 is 0 Å². The molecule has 2 heterocycles. The highest BCUT2D eigenvalue weighted by Gasteiger charge is 2.30. The molecule has 208 valence electrons. The largest absolute Gasteiger partial charge is 0.367 e. The predicted octanol–water partition coefficient (Wildman–Crippen LogP) is 5.67. The summed E-state index contributed by atoms with van der Waals surface area (Å²) in [7, 11) is 0. The Labute approximate surface area is 240 Å². The third kappa shape index (κ3) is 6.15. The first-order valence-corrected chi connectivity index (χ1v) is 14.4. The van der Waals surface area contributed by atoms with Crippen LogP contribution in [0, 0.1) is 0 Å². The average Bonchev–Trinajstić information content (AvgIpc) is 3.53. The van der Waals surface area contributed by atoms with E-state index >= 15 is 0 Å². The fraction of sp³-hybridized carbons (Fsp3) is 0.344. The van der Waals surface area contributed by atoms with Gasteiger partial charge in [0.25, 0.3) is 11.8 Å². The van der Waals surface area contributed by atoms with Crippen LogP contribution >= 0.6 is 11.6 Å². The number of halogens is 1. The van der Waals surface area contributed by atoms with Gasteiger partial charge in [-0.1, -0.05) is 48.9 Å². The number of nitrogens with one attached hydrogen (secondary N) is 1. The van der Waals surface area contributed by atoms with Crippen LogP contribution < -0.4 is 10.2 Å². The van der Waals surface area contributed by atoms with Gasteiger partial charge in [-0.25, -0.2) is 0 Å². The molecule has 1 N–H and O–H groups in total. The first-order chi connectivity index (χ1) is 19.4. The Bertz CT molecular complexity index is 1350. The minimum absolute atomic E-state index is 0.0243. The lowest BCUT2D eigenvalue weighted by Gasteiger charge is -2.38. The molecule has 8 heteroatoms. The average molecular weight is 559 g/mol. The van der Waals surface area contributed by atoms with Crippen molar-refractivity contribution in [3.8, 4) is 0 Å². The Morgan fingerprint density at radius 1 is 0.825 bits per heavy atom. The van der Waals surface area contributed by atoms with Crippen LogP contribution in [0.3, 0.4) is 0 Å². The molecule has 7 nitrogen and oxygen atoms in total. The number of hydrogen-bond acceptors (Lipinski definition) is 4. The zero-order chi connectivity index (χ0) is 28.1. The van der Waals surface area contributed by atoms with E-state index in [0.717, 1.165) is 43.6 Å². The first kappa shape index (κ1) is 27.7. The Kier molecular flexibility index (Phi) is 8.70. The summed E-state index contributed by atoms with van der Waals surface area (Å²) in [6.45, 7) is 5.97. The van der Waals surface area contributed by atoms with Crippen molar-refractivity contribution in [3.63, 3.8) is 0 Å². The Hall–Kier alpha value is -3.84. The molecule has 0 aromatic heterocycles. The van der Waals surface area contributed by atoms with Gasteiger partial charge in [-0.2, -0.15) is 0 Å². The quantitative estimate of drug-likeness (QED) is 0.405. The van der Waals surface area contributed by atoms with E-state index in [4.69, 9.17) is 11.6 Å². The molecule has 2 saturated heterocycles. The number of rotatable bonds is 7. The highest BCUT2D eigenvalue weighted by Crippen LogP contribution is 2.30. The molecule has 3 aromatic rings. The summed E-state index contributed by atoms with van der Waals surface area (Å²) in [5, 5.41) is 3.49.